The molecular formula is C10H10N2O2. The van der Waals surface area contributed by atoms with Crippen LogP contribution in [0.2, 0.25) is 0 Å². The maximum atomic E-state index is 10.6. The van der Waals surface area contributed by atoms with Gasteiger partial charge in [0.2, 0.25) is 5.82 Å². The summed E-state index contributed by atoms with van der Waals surface area (Å²) in [6.07, 6.45) is 0.928. The first-order valence-corrected chi connectivity index (χ1v) is 4.42. The Balaban J connectivity index is 2.60. The zero-order valence-corrected chi connectivity index (χ0v) is 7.74. The van der Waals surface area contributed by atoms with Crippen LogP contribution in [0.4, 0.5) is 0 Å². The first-order chi connectivity index (χ1) is 6.70. The minimum atomic E-state index is -1.03. The van der Waals surface area contributed by atoms with Crippen molar-refractivity contribution in [3.63, 3.8) is 0 Å². The molecule has 0 aliphatic heterocycles. The molecule has 14 heavy (non-hydrogen) atoms. The van der Waals surface area contributed by atoms with Gasteiger partial charge >= 0.3 is 5.97 Å². The Bertz CT molecular complexity index is 488. The number of hydrogen-bond donors (Lipinski definition) is 2. The molecule has 0 unspecified atom stereocenters. The molecular weight excluding hydrogens is 180 g/mol. The molecule has 0 bridgehead atoms. The molecule has 4 heteroatoms. The van der Waals surface area contributed by atoms with Crippen molar-refractivity contribution in [1.29, 1.82) is 0 Å². The number of aromatic amines is 1. The molecule has 0 aliphatic carbocycles. The lowest BCUT2D eigenvalue weighted by molar-refractivity contribution is 0.0685. The Kier molecular flexibility index (Phi) is 1.96. The molecule has 0 saturated carbocycles. The van der Waals surface area contributed by atoms with Crippen LogP contribution >= 0.6 is 0 Å². The van der Waals surface area contributed by atoms with Gasteiger partial charge in [0, 0.05) is 0 Å². The average molecular weight is 190 g/mol. The summed E-state index contributed by atoms with van der Waals surface area (Å²) >= 11 is 0. The smallest absolute Gasteiger partial charge is 0.371 e. The predicted molar refractivity (Wildman–Crippen MR) is 52.4 cm³/mol. The Hall–Kier alpha value is -1.84. The normalized spacial score (nSPS) is 10.6. The molecule has 2 aromatic rings. The van der Waals surface area contributed by atoms with Crippen LogP contribution in [0.15, 0.2) is 18.2 Å². The number of nitrogens with zero attached hydrogens (tertiary/aromatic N) is 1. The van der Waals surface area contributed by atoms with Gasteiger partial charge in [-0.15, -0.1) is 0 Å². The van der Waals surface area contributed by atoms with Gasteiger partial charge in [0.1, 0.15) is 0 Å². The van der Waals surface area contributed by atoms with Gasteiger partial charge in [-0.05, 0) is 24.1 Å². The Morgan fingerprint density at radius 2 is 2.36 bits per heavy atom. The van der Waals surface area contributed by atoms with Crippen molar-refractivity contribution in [1.82, 2.24) is 9.97 Å². The molecule has 0 radical (unpaired) electrons. The maximum Gasteiger partial charge on any atom is 0.371 e. The van der Waals surface area contributed by atoms with Gasteiger partial charge in [0.25, 0.3) is 0 Å². The highest BCUT2D eigenvalue weighted by Crippen LogP contribution is 2.14. The molecule has 4 nitrogen and oxygen atoms in total. The van der Waals surface area contributed by atoms with E-state index >= 15 is 0 Å². The fourth-order valence-corrected chi connectivity index (χ4v) is 1.38. The summed E-state index contributed by atoms with van der Waals surface area (Å²) in [5, 5.41) is 8.72. The summed E-state index contributed by atoms with van der Waals surface area (Å²) in [4.78, 5) is 17.3. The first kappa shape index (κ1) is 8.74. The molecule has 1 aromatic heterocycles. The highest BCUT2D eigenvalue weighted by Gasteiger charge is 2.08. The van der Waals surface area contributed by atoms with Crippen LogP contribution in [-0.2, 0) is 6.42 Å². The standard InChI is InChI=1S/C10H10N2O2/c1-2-6-3-4-7-8(5-6)12-9(11-7)10(13)14/h3-5H,2H2,1H3,(H,11,12)(H,13,14). The molecule has 0 atom stereocenters. The number of benzene rings is 1. The monoisotopic (exact) mass is 190 g/mol. The number of aromatic carboxylic acids is 1. The molecule has 0 amide bonds. The number of imidazole rings is 1. The number of aromatic nitrogens is 2. The number of hydrogen-bond acceptors (Lipinski definition) is 2. The molecule has 0 saturated heterocycles. The van der Waals surface area contributed by atoms with Crippen LogP contribution in [0, 0.1) is 0 Å². The Labute approximate surface area is 80.6 Å². The molecule has 1 aromatic carbocycles. The van der Waals surface area contributed by atoms with Crippen LogP contribution in [0.25, 0.3) is 11.0 Å². The van der Waals surface area contributed by atoms with Crippen molar-refractivity contribution in [2.45, 2.75) is 13.3 Å². The quantitative estimate of drug-likeness (QED) is 0.759. The summed E-state index contributed by atoms with van der Waals surface area (Å²) < 4.78 is 0. The van der Waals surface area contributed by atoms with E-state index in [1.807, 2.05) is 18.2 Å². The average Bonchev–Trinajstić information content (AvgIpc) is 2.59. The molecule has 0 aliphatic rings. The number of rotatable bonds is 2. The third kappa shape index (κ3) is 1.35. The number of carbonyl (C=O) groups is 1. The van der Waals surface area contributed by atoms with Gasteiger partial charge in [0.15, 0.2) is 0 Å². The van der Waals surface area contributed by atoms with Crippen LogP contribution in [0.1, 0.15) is 23.1 Å². The van der Waals surface area contributed by atoms with E-state index in [4.69, 9.17) is 5.11 Å². The Morgan fingerprint density at radius 1 is 1.57 bits per heavy atom. The lowest BCUT2D eigenvalue weighted by Crippen LogP contribution is -1.97. The second kappa shape index (κ2) is 3.14. The number of nitrogens with one attached hydrogen (secondary N) is 1. The van der Waals surface area contributed by atoms with E-state index in [0.29, 0.717) is 5.52 Å². The second-order valence-corrected chi connectivity index (χ2v) is 3.10. The third-order valence-electron chi connectivity index (χ3n) is 2.16. The van der Waals surface area contributed by atoms with Gasteiger partial charge in [0.05, 0.1) is 11.0 Å². The number of fused-ring (bicyclic) bond motifs is 1. The third-order valence-corrected chi connectivity index (χ3v) is 2.16. The van der Waals surface area contributed by atoms with Gasteiger partial charge in [-0.25, -0.2) is 9.78 Å². The van der Waals surface area contributed by atoms with E-state index in [9.17, 15) is 4.79 Å². The summed E-state index contributed by atoms with van der Waals surface area (Å²) in [6, 6.07) is 5.71. The van der Waals surface area contributed by atoms with E-state index < -0.39 is 5.97 Å². The van der Waals surface area contributed by atoms with E-state index in [0.717, 1.165) is 17.5 Å². The minimum absolute atomic E-state index is 0.00625. The lowest BCUT2D eigenvalue weighted by Gasteiger charge is -1.93. The minimum Gasteiger partial charge on any atom is -0.475 e. The van der Waals surface area contributed by atoms with E-state index in [2.05, 4.69) is 16.9 Å². The summed E-state index contributed by atoms with van der Waals surface area (Å²) in [6.45, 7) is 2.05. The topological polar surface area (TPSA) is 66.0 Å². The molecule has 0 spiro atoms. The van der Waals surface area contributed by atoms with Crippen molar-refractivity contribution in [3.05, 3.63) is 29.6 Å². The summed E-state index contributed by atoms with van der Waals surface area (Å²) in [7, 11) is 0. The predicted octanol–water partition coefficient (Wildman–Crippen LogP) is 1.82. The summed E-state index contributed by atoms with van der Waals surface area (Å²) in [5.74, 6) is -1.03. The van der Waals surface area contributed by atoms with E-state index in [1.54, 1.807) is 0 Å². The van der Waals surface area contributed by atoms with Crippen LogP contribution in [0.5, 0.6) is 0 Å². The molecule has 1 heterocycles. The number of carboxylic acid groups (broad SMARTS) is 1. The molecule has 2 rings (SSSR count). The second-order valence-electron chi connectivity index (χ2n) is 3.10. The van der Waals surface area contributed by atoms with Crippen LogP contribution in [0.3, 0.4) is 0 Å². The van der Waals surface area contributed by atoms with Gasteiger partial charge in [-0.2, -0.15) is 0 Å². The molecule has 2 N–H and O–H groups in total. The SMILES string of the molecule is CCc1ccc2nc(C(=O)O)[nH]c2c1. The number of aryl methyl sites for hydroxylation is 1. The zero-order chi connectivity index (χ0) is 10.1. The molecule has 0 fully saturated rings. The van der Waals surface area contributed by atoms with E-state index in [-0.39, 0.29) is 5.82 Å². The lowest BCUT2D eigenvalue weighted by atomic mass is 10.1. The highest BCUT2D eigenvalue weighted by atomic mass is 16.4. The fourth-order valence-electron chi connectivity index (χ4n) is 1.38. The largest absolute Gasteiger partial charge is 0.475 e. The maximum absolute atomic E-state index is 10.6. The highest BCUT2D eigenvalue weighted by molar-refractivity contribution is 5.89. The zero-order valence-electron chi connectivity index (χ0n) is 7.74. The Morgan fingerprint density at radius 3 is 3.00 bits per heavy atom. The van der Waals surface area contributed by atoms with Gasteiger partial charge < -0.3 is 10.1 Å². The first-order valence-electron chi connectivity index (χ1n) is 4.42. The van der Waals surface area contributed by atoms with Crippen LogP contribution in [-0.4, -0.2) is 21.0 Å². The van der Waals surface area contributed by atoms with Crippen molar-refractivity contribution in [3.8, 4) is 0 Å². The van der Waals surface area contributed by atoms with Gasteiger partial charge in [-0.1, -0.05) is 13.0 Å². The fraction of sp³-hybridized carbons (Fsp3) is 0.200. The summed E-state index contributed by atoms with van der Waals surface area (Å²) in [5.41, 5.74) is 2.64. The number of H-pyrrole nitrogens is 1. The van der Waals surface area contributed by atoms with Crippen molar-refractivity contribution in [2.75, 3.05) is 0 Å². The van der Waals surface area contributed by atoms with Crippen molar-refractivity contribution in [2.24, 2.45) is 0 Å². The van der Waals surface area contributed by atoms with E-state index in [1.165, 1.54) is 0 Å². The van der Waals surface area contributed by atoms with Crippen LogP contribution < -0.4 is 0 Å². The van der Waals surface area contributed by atoms with Crippen molar-refractivity contribution >= 4 is 17.0 Å². The number of carboxylic acids is 1. The molecule has 72 valence electrons. The van der Waals surface area contributed by atoms with Crippen molar-refractivity contribution < 1.29 is 9.90 Å². The van der Waals surface area contributed by atoms with Gasteiger partial charge in [-0.3, -0.25) is 0 Å².